The van der Waals surface area contributed by atoms with Crippen molar-refractivity contribution in [3.8, 4) is 0 Å². The molecule has 0 saturated carbocycles. The third-order valence-electron chi connectivity index (χ3n) is 2.37. The average molecular weight is 280 g/mol. The van der Waals surface area contributed by atoms with Crippen LogP contribution in [0.15, 0.2) is 41.8 Å². The summed E-state index contributed by atoms with van der Waals surface area (Å²) in [6.45, 7) is 0. The molecule has 7 nitrogen and oxygen atoms in total. The van der Waals surface area contributed by atoms with E-state index in [9.17, 15) is 13.2 Å². The quantitative estimate of drug-likeness (QED) is 0.761. The van der Waals surface area contributed by atoms with E-state index in [-0.39, 0.29) is 10.9 Å². The number of benzene rings is 1. The first-order chi connectivity index (χ1) is 9.03. The van der Waals surface area contributed by atoms with Gasteiger partial charge < -0.3 is 10.3 Å². The number of H-pyrrole nitrogens is 1. The van der Waals surface area contributed by atoms with Crippen molar-refractivity contribution < 1.29 is 13.2 Å². The Labute approximate surface area is 110 Å². The van der Waals surface area contributed by atoms with Crippen LogP contribution in [0.5, 0.6) is 0 Å². The van der Waals surface area contributed by atoms with Crippen LogP contribution in [0.4, 0.5) is 5.69 Å². The molecule has 1 aromatic heterocycles. The Balaban J connectivity index is 2.27. The van der Waals surface area contributed by atoms with Crippen molar-refractivity contribution in [3.05, 3.63) is 42.4 Å². The fourth-order valence-electron chi connectivity index (χ4n) is 1.47. The summed E-state index contributed by atoms with van der Waals surface area (Å²) in [5.41, 5.74) is 0.669. The molecule has 1 aromatic carbocycles. The smallest absolute Gasteiger partial charge is 0.278 e. The van der Waals surface area contributed by atoms with Crippen molar-refractivity contribution in [2.75, 3.05) is 11.8 Å². The zero-order chi connectivity index (χ0) is 13.9. The van der Waals surface area contributed by atoms with Gasteiger partial charge in [0.15, 0.2) is 5.03 Å². The molecule has 0 spiro atoms. The molecule has 1 heterocycles. The van der Waals surface area contributed by atoms with Gasteiger partial charge in [0, 0.05) is 18.3 Å². The van der Waals surface area contributed by atoms with E-state index in [0.29, 0.717) is 11.3 Å². The highest BCUT2D eigenvalue weighted by Gasteiger charge is 2.16. The molecular weight excluding hydrogens is 268 g/mol. The standard InChI is InChI=1S/C11H12N4O3S/c1-12-11(16)8-3-2-4-9(5-8)15-19(17,18)10-6-13-7-14-10/h2-7,15H,1H3,(H,12,16)(H,13,14). The molecule has 100 valence electrons. The van der Waals surface area contributed by atoms with Gasteiger partial charge in [0.2, 0.25) is 0 Å². The lowest BCUT2D eigenvalue weighted by atomic mass is 10.2. The van der Waals surface area contributed by atoms with Crippen LogP contribution in [0, 0.1) is 0 Å². The number of rotatable bonds is 4. The second-order valence-corrected chi connectivity index (χ2v) is 5.33. The van der Waals surface area contributed by atoms with E-state index in [0.717, 1.165) is 0 Å². The van der Waals surface area contributed by atoms with E-state index < -0.39 is 10.0 Å². The molecular formula is C11H12N4O3S. The Kier molecular flexibility index (Phi) is 3.52. The third kappa shape index (κ3) is 2.91. The molecule has 0 aliphatic carbocycles. The summed E-state index contributed by atoms with van der Waals surface area (Å²) >= 11 is 0. The highest BCUT2D eigenvalue weighted by molar-refractivity contribution is 7.92. The largest absolute Gasteiger partial charge is 0.355 e. The second kappa shape index (κ2) is 5.11. The first-order valence-electron chi connectivity index (χ1n) is 5.36. The number of nitrogens with zero attached hydrogens (tertiary/aromatic N) is 1. The highest BCUT2D eigenvalue weighted by atomic mass is 32.2. The molecule has 0 aliphatic heterocycles. The normalized spacial score (nSPS) is 11.0. The molecule has 0 bridgehead atoms. The third-order valence-corrected chi connectivity index (χ3v) is 3.67. The van der Waals surface area contributed by atoms with Gasteiger partial charge in [-0.25, -0.2) is 4.98 Å². The first kappa shape index (κ1) is 13.1. The van der Waals surface area contributed by atoms with Gasteiger partial charge in [-0.1, -0.05) is 6.07 Å². The number of sulfonamides is 1. The summed E-state index contributed by atoms with van der Waals surface area (Å²) in [5, 5.41) is 2.42. The number of aromatic nitrogens is 2. The van der Waals surface area contributed by atoms with Gasteiger partial charge >= 0.3 is 0 Å². The summed E-state index contributed by atoms with van der Waals surface area (Å²) in [6.07, 6.45) is 2.47. The maximum Gasteiger partial charge on any atom is 0.278 e. The molecule has 0 saturated heterocycles. The Hall–Kier alpha value is -2.35. The molecule has 19 heavy (non-hydrogen) atoms. The molecule has 0 unspecified atom stereocenters. The predicted molar refractivity (Wildman–Crippen MR) is 69.2 cm³/mol. The molecule has 0 fully saturated rings. The average Bonchev–Trinajstić information content (AvgIpc) is 2.92. The zero-order valence-electron chi connectivity index (χ0n) is 10.0. The number of hydrogen-bond acceptors (Lipinski definition) is 4. The Morgan fingerprint density at radius 1 is 1.37 bits per heavy atom. The number of anilines is 1. The Morgan fingerprint density at radius 2 is 2.16 bits per heavy atom. The SMILES string of the molecule is CNC(=O)c1cccc(NS(=O)(=O)c2cnc[nH]2)c1. The van der Waals surface area contributed by atoms with Crippen LogP contribution in [0.3, 0.4) is 0 Å². The van der Waals surface area contributed by atoms with E-state index in [1.807, 2.05) is 0 Å². The number of carbonyl (C=O) groups excluding carboxylic acids is 1. The maximum atomic E-state index is 11.9. The van der Waals surface area contributed by atoms with E-state index in [4.69, 9.17) is 0 Å². The summed E-state index contributed by atoms with van der Waals surface area (Å²) in [5.74, 6) is -0.289. The summed E-state index contributed by atoms with van der Waals surface area (Å²) in [7, 11) is -2.22. The number of imidazole rings is 1. The Bertz CT molecular complexity index is 680. The lowest BCUT2D eigenvalue weighted by Crippen LogP contribution is -2.18. The number of nitrogens with one attached hydrogen (secondary N) is 3. The van der Waals surface area contributed by atoms with E-state index >= 15 is 0 Å². The monoisotopic (exact) mass is 280 g/mol. The summed E-state index contributed by atoms with van der Waals surface area (Å²) < 4.78 is 26.2. The van der Waals surface area contributed by atoms with Gasteiger partial charge in [0.25, 0.3) is 15.9 Å². The van der Waals surface area contributed by atoms with Crippen molar-refractivity contribution >= 4 is 21.6 Å². The number of carbonyl (C=O) groups is 1. The van der Waals surface area contributed by atoms with Crippen LogP contribution in [0.25, 0.3) is 0 Å². The minimum atomic E-state index is -3.72. The molecule has 2 aromatic rings. The van der Waals surface area contributed by atoms with Gasteiger partial charge in [0.1, 0.15) is 0 Å². The van der Waals surface area contributed by atoms with Crippen molar-refractivity contribution in [1.82, 2.24) is 15.3 Å². The summed E-state index contributed by atoms with van der Waals surface area (Å²) in [4.78, 5) is 17.6. The molecule has 0 radical (unpaired) electrons. The van der Waals surface area contributed by atoms with Gasteiger partial charge in [0.05, 0.1) is 12.5 Å². The highest BCUT2D eigenvalue weighted by Crippen LogP contribution is 2.15. The topological polar surface area (TPSA) is 104 Å². The van der Waals surface area contributed by atoms with Crippen molar-refractivity contribution in [2.45, 2.75) is 5.03 Å². The molecule has 0 atom stereocenters. The summed E-state index contributed by atoms with van der Waals surface area (Å²) in [6, 6.07) is 6.19. The van der Waals surface area contributed by atoms with Gasteiger partial charge in [-0.3, -0.25) is 9.52 Å². The van der Waals surface area contributed by atoms with Crippen LogP contribution < -0.4 is 10.0 Å². The van der Waals surface area contributed by atoms with E-state index in [2.05, 4.69) is 20.0 Å². The van der Waals surface area contributed by atoms with Crippen LogP contribution in [0.2, 0.25) is 0 Å². The van der Waals surface area contributed by atoms with Crippen LogP contribution in [-0.2, 0) is 10.0 Å². The van der Waals surface area contributed by atoms with Gasteiger partial charge in [-0.15, -0.1) is 0 Å². The first-order valence-corrected chi connectivity index (χ1v) is 6.84. The van der Waals surface area contributed by atoms with E-state index in [1.165, 1.54) is 25.6 Å². The minimum absolute atomic E-state index is 0.0437. The lowest BCUT2D eigenvalue weighted by molar-refractivity contribution is 0.0963. The van der Waals surface area contributed by atoms with Crippen LogP contribution >= 0.6 is 0 Å². The number of hydrogen-bond donors (Lipinski definition) is 3. The number of amides is 1. The number of aromatic amines is 1. The molecule has 2 rings (SSSR count). The van der Waals surface area contributed by atoms with Crippen molar-refractivity contribution in [2.24, 2.45) is 0 Å². The Morgan fingerprint density at radius 3 is 2.79 bits per heavy atom. The van der Waals surface area contributed by atoms with Crippen LogP contribution in [-0.4, -0.2) is 31.3 Å². The molecule has 8 heteroatoms. The minimum Gasteiger partial charge on any atom is -0.355 e. The lowest BCUT2D eigenvalue weighted by Gasteiger charge is -2.07. The molecule has 0 aliphatic rings. The maximum absolute atomic E-state index is 11.9. The second-order valence-electron chi connectivity index (χ2n) is 3.68. The van der Waals surface area contributed by atoms with Crippen LogP contribution in [0.1, 0.15) is 10.4 Å². The van der Waals surface area contributed by atoms with Crippen molar-refractivity contribution in [3.63, 3.8) is 0 Å². The fraction of sp³-hybridized carbons (Fsp3) is 0.0909. The molecule has 3 N–H and O–H groups in total. The van der Waals surface area contributed by atoms with Crippen molar-refractivity contribution in [1.29, 1.82) is 0 Å². The van der Waals surface area contributed by atoms with Gasteiger partial charge in [-0.2, -0.15) is 8.42 Å². The predicted octanol–water partition coefficient (Wildman–Crippen LogP) is 0.570. The van der Waals surface area contributed by atoms with Gasteiger partial charge in [-0.05, 0) is 18.2 Å². The zero-order valence-corrected chi connectivity index (χ0v) is 10.9. The molecule has 1 amide bonds. The van der Waals surface area contributed by atoms with E-state index in [1.54, 1.807) is 18.2 Å². The fourth-order valence-corrected chi connectivity index (χ4v) is 2.42.